The first-order chi connectivity index (χ1) is 9.58. The molecule has 0 saturated heterocycles. The molecule has 0 atom stereocenters. The number of fused-ring (bicyclic) bond motifs is 2. The van der Waals surface area contributed by atoms with E-state index in [0.717, 1.165) is 47.9 Å². The Balaban J connectivity index is 2.35. The number of aliphatic carboxylic acids is 1. The molecule has 2 aromatic rings. The maximum Gasteiger partial charge on any atom is 0.307 e. The Hall–Kier alpha value is -1.32. The van der Waals surface area contributed by atoms with Gasteiger partial charge in [-0.2, -0.15) is 0 Å². The van der Waals surface area contributed by atoms with Crippen LogP contribution in [-0.2, 0) is 24.1 Å². The minimum atomic E-state index is -0.837. The molecule has 1 aliphatic rings. The zero-order valence-electron chi connectivity index (χ0n) is 10.7. The van der Waals surface area contributed by atoms with Crippen molar-refractivity contribution in [2.75, 3.05) is 0 Å². The summed E-state index contributed by atoms with van der Waals surface area (Å²) in [6, 6.07) is 3.53. The lowest BCUT2D eigenvalue weighted by Crippen LogP contribution is -2.13. The predicted molar refractivity (Wildman–Crippen MR) is 79.7 cm³/mol. The Labute approximate surface area is 126 Å². The van der Waals surface area contributed by atoms with E-state index in [4.69, 9.17) is 23.2 Å². The van der Waals surface area contributed by atoms with Gasteiger partial charge in [0.1, 0.15) is 0 Å². The summed E-state index contributed by atoms with van der Waals surface area (Å²) < 4.78 is 0. The quantitative estimate of drug-likeness (QED) is 0.910. The fraction of sp³-hybridized carbons (Fsp3) is 0.333. The van der Waals surface area contributed by atoms with E-state index >= 15 is 0 Å². The van der Waals surface area contributed by atoms with Crippen LogP contribution in [0.25, 0.3) is 10.9 Å². The average Bonchev–Trinajstić information content (AvgIpc) is 2.43. The Morgan fingerprint density at radius 2 is 2.00 bits per heavy atom. The first-order valence-electron chi connectivity index (χ1n) is 6.58. The highest BCUT2D eigenvalue weighted by molar-refractivity contribution is 6.45. The van der Waals surface area contributed by atoms with E-state index in [2.05, 4.69) is 4.98 Å². The summed E-state index contributed by atoms with van der Waals surface area (Å²) in [4.78, 5) is 15.8. The van der Waals surface area contributed by atoms with Crippen LogP contribution in [0, 0.1) is 0 Å². The topological polar surface area (TPSA) is 50.2 Å². The molecule has 1 N–H and O–H groups in total. The molecule has 104 valence electrons. The number of hydrogen-bond acceptors (Lipinski definition) is 2. The molecule has 0 radical (unpaired) electrons. The summed E-state index contributed by atoms with van der Waals surface area (Å²) >= 11 is 12.3. The summed E-state index contributed by atoms with van der Waals surface area (Å²) in [7, 11) is 0. The Morgan fingerprint density at radius 3 is 2.75 bits per heavy atom. The van der Waals surface area contributed by atoms with Crippen molar-refractivity contribution in [3.8, 4) is 0 Å². The predicted octanol–water partition coefficient (Wildman–Crippen LogP) is 4.05. The fourth-order valence-corrected chi connectivity index (χ4v) is 3.24. The molecule has 0 spiro atoms. The van der Waals surface area contributed by atoms with Gasteiger partial charge in [0, 0.05) is 11.1 Å². The fourth-order valence-electron chi connectivity index (χ4n) is 2.88. The molecule has 0 aliphatic heterocycles. The molecule has 5 heteroatoms. The van der Waals surface area contributed by atoms with Crippen LogP contribution in [-0.4, -0.2) is 16.1 Å². The number of hydrogen-bond donors (Lipinski definition) is 1. The summed E-state index contributed by atoms with van der Waals surface area (Å²) in [5.74, 6) is -0.837. The molecule has 1 aliphatic carbocycles. The Kier molecular flexibility index (Phi) is 3.57. The van der Waals surface area contributed by atoms with Gasteiger partial charge in [-0.15, -0.1) is 0 Å². The van der Waals surface area contributed by atoms with Crippen molar-refractivity contribution >= 4 is 40.1 Å². The molecule has 0 bridgehead atoms. The van der Waals surface area contributed by atoms with E-state index in [9.17, 15) is 9.90 Å². The number of pyridine rings is 1. The van der Waals surface area contributed by atoms with Gasteiger partial charge in [0.15, 0.2) is 0 Å². The first-order valence-corrected chi connectivity index (χ1v) is 7.33. The second-order valence-electron chi connectivity index (χ2n) is 5.05. The molecule has 0 unspecified atom stereocenters. The van der Waals surface area contributed by atoms with Gasteiger partial charge in [0.2, 0.25) is 0 Å². The SMILES string of the molecule is O=C(O)Cc1c2c(nc3c(Cl)c(Cl)ccc13)CCCC2. The summed E-state index contributed by atoms with van der Waals surface area (Å²) in [6.07, 6.45) is 3.92. The highest BCUT2D eigenvalue weighted by atomic mass is 35.5. The molecule has 1 aromatic carbocycles. The third-order valence-corrected chi connectivity index (χ3v) is 4.57. The van der Waals surface area contributed by atoms with Gasteiger partial charge in [-0.1, -0.05) is 29.3 Å². The third kappa shape index (κ3) is 2.25. The van der Waals surface area contributed by atoms with Crippen LogP contribution in [0.5, 0.6) is 0 Å². The Bertz CT molecular complexity index is 713. The van der Waals surface area contributed by atoms with Gasteiger partial charge in [-0.05, 0) is 42.9 Å². The van der Waals surface area contributed by atoms with Crippen LogP contribution in [0.1, 0.15) is 29.7 Å². The van der Waals surface area contributed by atoms with E-state index in [1.165, 1.54) is 0 Å². The zero-order valence-corrected chi connectivity index (χ0v) is 12.3. The number of nitrogens with zero attached hydrogens (tertiary/aromatic N) is 1. The largest absolute Gasteiger partial charge is 0.481 e. The maximum absolute atomic E-state index is 11.2. The van der Waals surface area contributed by atoms with Crippen molar-refractivity contribution < 1.29 is 9.90 Å². The molecule has 20 heavy (non-hydrogen) atoms. The number of carbonyl (C=O) groups is 1. The van der Waals surface area contributed by atoms with Gasteiger partial charge in [0.25, 0.3) is 0 Å². The lowest BCUT2D eigenvalue weighted by Gasteiger charge is -2.20. The van der Waals surface area contributed by atoms with E-state index in [1.54, 1.807) is 6.07 Å². The number of aryl methyl sites for hydroxylation is 1. The van der Waals surface area contributed by atoms with Crippen LogP contribution >= 0.6 is 23.2 Å². The summed E-state index contributed by atoms with van der Waals surface area (Å²) in [5, 5.41) is 10.8. The van der Waals surface area contributed by atoms with Crippen molar-refractivity contribution in [2.45, 2.75) is 32.1 Å². The number of rotatable bonds is 2. The number of aromatic nitrogens is 1. The molecule has 3 nitrogen and oxygen atoms in total. The maximum atomic E-state index is 11.2. The number of benzene rings is 1. The molecular weight excluding hydrogens is 297 g/mol. The van der Waals surface area contributed by atoms with Crippen LogP contribution in [0.2, 0.25) is 10.0 Å². The van der Waals surface area contributed by atoms with Crippen LogP contribution < -0.4 is 0 Å². The molecular formula is C15H13Cl2NO2. The first kappa shape index (κ1) is 13.7. The molecule has 0 saturated carbocycles. The number of carboxylic acid groups (broad SMARTS) is 1. The molecule has 1 aromatic heterocycles. The standard InChI is InChI=1S/C15H13Cl2NO2/c16-11-6-5-9-10(7-13(19)20)8-3-1-2-4-12(8)18-15(9)14(11)17/h5-6H,1-4,7H2,(H,19,20). The van der Waals surface area contributed by atoms with Gasteiger partial charge < -0.3 is 5.11 Å². The zero-order chi connectivity index (χ0) is 14.3. The van der Waals surface area contributed by atoms with E-state index in [0.29, 0.717) is 15.6 Å². The lowest BCUT2D eigenvalue weighted by molar-refractivity contribution is -0.136. The van der Waals surface area contributed by atoms with Gasteiger partial charge >= 0.3 is 5.97 Å². The minimum absolute atomic E-state index is 0.000680. The molecule has 0 amide bonds. The van der Waals surface area contributed by atoms with Crippen molar-refractivity contribution in [1.82, 2.24) is 4.98 Å². The van der Waals surface area contributed by atoms with Gasteiger partial charge in [0.05, 0.1) is 22.0 Å². The molecule has 0 fully saturated rings. The van der Waals surface area contributed by atoms with Crippen molar-refractivity contribution in [3.05, 3.63) is 39.0 Å². The minimum Gasteiger partial charge on any atom is -0.481 e. The summed E-state index contributed by atoms with van der Waals surface area (Å²) in [5.41, 5.74) is 3.53. The normalized spacial score (nSPS) is 14.3. The second kappa shape index (κ2) is 5.23. The van der Waals surface area contributed by atoms with E-state index in [1.807, 2.05) is 6.07 Å². The summed E-state index contributed by atoms with van der Waals surface area (Å²) in [6.45, 7) is 0. The number of halogens is 2. The second-order valence-corrected chi connectivity index (χ2v) is 5.84. The highest BCUT2D eigenvalue weighted by Gasteiger charge is 2.21. The Morgan fingerprint density at radius 1 is 1.25 bits per heavy atom. The number of carboxylic acids is 1. The van der Waals surface area contributed by atoms with Crippen LogP contribution in [0.4, 0.5) is 0 Å². The smallest absolute Gasteiger partial charge is 0.307 e. The van der Waals surface area contributed by atoms with Crippen LogP contribution in [0.15, 0.2) is 12.1 Å². The van der Waals surface area contributed by atoms with Crippen molar-refractivity contribution in [3.63, 3.8) is 0 Å². The van der Waals surface area contributed by atoms with Crippen molar-refractivity contribution in [2.24, 2.45) is 0 Å². The molecule has 3 rings (SSSR count). The van der Waals surface area contributed by atoms with E-state index in [-0.39, 0.29) is 6.42 Å². The monoisotopic (exact) mass is 309 g/mol. The van der Waals surface area contributed by atoms with Crippen molar-refractivity contribution in [1.29, 1.82) is 0 Å². The molecule has 1 heterocycles. The lowest BCUT2D eigenvalue weighted by atomic mass is 9.88. The van der Waals surface area contributed by atoms with E-state index < -0.39 is 5.97 Å². The van der Waals surface area contributed by atoms with Gasteiger partial charge in [-0.3, -0.25) is 9.78 Å². The van der Waals surface area contributed by atoms with Crippen LogP contribution in [0.3, 0.4) is 0 Å². The third-order valence-electron chi connectivity index (χ3n) is 3.77. The average molecular weight is 310 g/mol. The highest BCUT2D eigenvalue weighted by Crippen LogP contribution is 2.35. The van der Waals surface area contributed by atoms with Gasteiger partial charge in [-0.25, -0.2) is 0 Å².